The van der Waals surface area contributed by atoms with E-state index in [-0.39, 0.29) is 0 Å². The number of hydrogen-bond acceptors (Lipinski definition) is 5. The van der Waals surface area contributed by atoms with Gasteiger partial charge in [0.2, 0.25) is 0 Å². The standard InChI is InChI=1S/C12H18N6/c1-9-7-11(18-12(16-9)14-8-15-18)17(2)6-5-13-10-3-4-10/h7-8,10,13H,3-6H2,1-2H3. The Balaban J connectivity index is 1.76. The van der Waals surface area contributed by atoms with E-state index in [0.29, 0.717) is 5.78 Å². The molecule has 6 heteroatoms. The van der Waals surface area contributed by atoms with E-state index in [1.165, 1.54) is 12.8 Å². The highest BCUT2D eigenvalue weighted by Gasteiger charge is 2.20. The molecule has 1 aliphatic carbocycles. The van der Waals surface area contributed by atoms with E-state index in [1.807, 2.05) is 13.0 Å². The number of aryl methyl sites for hydroxylation is 1. The molecule has 0 atom stereocenters. The fourth-order valence-electron chi connectivity index (χ4n) is 2.02. The zero-order chi connectivity index (χ0) is 12.5. The quantitative estimate of drug-likeness (QED) is 0.838. The minimum atomic E-state index is 0.659. The third-order valence-electron chi connectivity index (χ3n) is 3.21. The summed E-state index contributed by atoms with van der Waals surface area (Å²) in [6, 6.07) is 2.79. The van der Waals surface area contributed by atoms with Gasteiger partial charge in [-0.25, -0.2) is 4.98 Å². The molecule has 1 aliphatic rings. The van der Waals surface area contributed by atoms with Crippen molar-refractivity contribution in [2.24, 2.45) is 0 Å². The van der Waals surface area contributed by atoms with Crippen molar-refractivity contribution in [3.63, 3.8) is 0 Å². The monoisotopic (exact) mass is 246 g/mol. The van der Waals surface area contributed by atoms with Crippen LogP contribution in [-0.4, -0.2) is 45.8 Å². The number of aromatic nitrogens is 4. The fraction of sp³-hybridized carbons (Fsp3) is 0.583. The molecule has 6 nitrogen and oxygen atoms in total. The van der Waals surface area contributed by atoms with Gasteiger partial charge < -0.3 is 10.2 Å². The lowest BCUT2D eigenvalue weighted by Crippen LogP contribution is -2.31. The molecule has 3 rings (SSSR count). The molecule has 0 unspecified atom stereocenters. The first-order chi connectivity index (χ1) is 8.74. The Morgan fingerprint density at radius 3 is 3.11 bits per heavy atom. The Labute approximate surface area is 106 Å². The highest BCUT2D eigenvalue weighted by molar-refractivity contribution is 5.46. The third-order valence-corrected chi connectivity index (χ3v) is 3.21. The Morgan fingerprint density at radius 1 is 1.50 bits per heavy atom. The second-order valence-corrected chi connectivity index (χ2v) is 4.88. The van der Waals surface area contributed by atoms with E-state index >= 15 is 0 Å². The minimum absolute atomic E-state index is 0.659. The molecule has 0 aromatic carbocycles. The normalized spacial score (nSPS) is 15.2. The largest absolute Gasteiger partial charge is 0.358 e. The lowest BCUT2D eigenvalue weighted by atomic mass is 10.4. The van der Waals surface area contributed by atoms with Gasteiger partial charge in [-0.15, -0.1) is 0 Å². The molecule has 2 aromatic heterocycles. The molecule has 96 valence electrons. The van der Waals surface area contributed by atoms with Crippen molar-refractivity contribution >= 4 is 11.6 Å². The van der Waals surface area contributed by atoms with Gasteiger partial charge in [0, 0.05) is 37.9 Å². The van der Waals surface area contributed by atoms with Gasteiger partial charge in [0.25, 0.3) is 5.78 Å². The fourth-order valence-corrected chi connectivity index (χ4v) is 2.02. The number of likely N-dealkylation sites (N-methyl/N-ethyl adjacent to an activating group) is 1. The van der Waals surface area contributed by atoms with Crippen molar-refractivity contribution < 1.29 is 0 Å². The first-order valence-corrected chi connectivity index (χ1v) is 6.36. The van der Waals surface area contributed by atoms with E-state index < -0.39 is 0 Å². The molecular weight excluding hydrogens is 228 g/mol. The lowest BCUT2D eigenvalue weighted by molar-refractivity contribution is 0.668. The van der Waals surface area contributed by atoms with Gasteiger partial charge >= 0.3 is 0 Å². The second-order valence-electron chi connectivity index (χ2n) is 4.88. The third kappa shape index (κ3) is 2.28. The Kier molecular flexibility index (Phi) is 2.87. The number of nitrogens with zero attached hydrogens (tertiary/aromatic N) is 5. The second kappa shape index (κ2) is 4.53. The molecule has 0 spiro atoms. The zero-order valence-electron chi connectivity index (χ0n) is 10.8. The highest BCUT2D eigenvalue weighted by atomic mass is 15.4. The predicted octanol–water partition coefficient (Wildman–Crippen LogP) is 0.621. The van der Waals surface area contributed by atoms with Crippen LogP contribution in [0.5, 0.6) is 0 Å². The molecule has 1 N–H and O–H groups in total. The van der Waals surface area contributed by atoms with Crippen molar-refractivity contribution in [1.82, 2.24) is 24.9 Å². The summed E-state index contributed by atoms with van der Waals surface area (Å²) in [5, 5.41) is 7.73. The number of fused-ring (bicyclic) bond motifs is 1. The van der Waals surface area contributed by atoms with Gasteiger partial charge in [0.15, 0.2) is 0 Å². The first-order valence-electron chi connectivity index (χ1n) is 6.36. The number of anilines is 1. The number of nitrogens with one attached hydrogen (secondary N) is 1. The molecule has 0 radical (unpaired) electrons. The maximum absolute atomic E-state index is 4.34. The van der Waals surface area contributed by atoms with Crippen molar-refractivity contribution in [3.05, 3.63) is 18.1 Å². The molecular formula is C12H18N6. The molecule has 0 saturated heterocycles. The van der Waals surface area contributed by atoms with Crippen LogP contribution in [0.4, 0.5) is 5.82 Å². The van der Waals surface area contributed by atoms with Gasteiger partial charge in [-0.05, 0) is 19.8 Å². The maximum Gasteiger partial charge on any atom is 0.254 e. The maximum atomic E-state index is 4.34. The summed E-state index contributed by atoms with van der Waals surface area (Å²) >= 11 is 0. The van der Waals surface area contributed by atoms with Gasteiger partial charge in [-0.2, -0.15) is 14.6 Å². The smallest absolute Gasteiger partial charge is 0.254 e. The van der Waals surface area contributed by atoms with Crippen molar-refractivity contribution in [1.29, 1.82) is 0 Å². The van der Waals surface area contributed by atoms with E-state index in [2.05, 4.69) is 32.3 Å². The van der Waals surface area contributed by atoms with Gasteiger partial charge in [-0.1, -0.05) is 0 Å². The van der Waals surface area contributed by atoms with E-state index in [4.69, 9.17) is 0 Å². The Morgan fingerprint density at radius 2 is 2.33 bits per heavy atom. The van der Waals surface area contributed by atoms with Gasteiger partial charge in [0.1, 0.15) is 12.1 Å². The molecule has 18 heavy (non-hydrogen) atoms. The summed E-state index contributed by atoms with van der Waals surface area (Å²) < 4.78 is 1.78. The molecule has 1 saturated carbocycles. The first kappa shape index (κ1) is 11.4. The average Bonchev–Trinajstić information content (AvgIpc) is 3.04. The Hall–Kier alpha value is -1.69. The van der Waals surface area contributed by atoms with Crippen molar-refractivity contribution in [2.75, 3.05) is 25.0 Å². The summed E-state index contributed by atoms with van der Waals surface area (Å²) in [7, 11) is 2.07. The summed E-state index contributed by atoms with van der Waals surface area (Å²) in [6.45, 7) is 3.93. The SMILES string of the molecule is Cc1cc(N(C)CCNC2CC2)n2ncnc2n1. The molecule has 0 bridgehead atoms. The molecule has 0 amide bonds. The van der Waals surface area contributed by atoms with Crippen LogP contribution in [0.1, 0.15) is 18.5 Å². The number of rotatable bonds is 5. The molecule has 2 aromatic rings. The van der Waals surface area contributed by atoms with Gasteiger partial charge in [-0.3, -0.25) is 0 Å². The molecule has 0 aliphatic heterocycles. The van der Waals surface area contributed by atoms with Crippen molar-refractivity contribution in [3.8, 4) is 0 Å². The van der Waals surface area contributed by atoms with Crippen LogP contribution in [0.2, 0.25) is 0 Å². The van der Waals surface area contributed by atoms with Crippen LogP contribution in [0.15, 0.2) is 12.4 Å². The predicted molar refractivity (Wildman–Crippen MR) is 69.8 cm³/mol. The van der Waals surface area contributed by atoms with Crippen LogP contribution < -0.4 is 10.2 Å². The summed E-state index contributed by atoms with van der Waals surface area (Å²) in [6.07, 6.45) is 4.19. The highest BCUT2D eigenvalue weighted by Crippen LogP contribution is 2.18. The van der Waals surface area contributed by atoms with Crippen molar-refractivity contribution in [2.45, 2.75) is 25.8 Å². The summed E-state index contributed by atoms with van der Waals surface area (Å²) in [5.41, 5.74) is 0.965. The van der Waals surface area contributed by atoms with E-state index in [0.717, 1.165) is 30.6 Å². The minimum Gasteiger partial charge on any atom is -0.358 e. The van der Waals surface area contributed by atoms with E-state index in [1.54, 1.807) is 10.8 Å². The Bertz CT molecular complexity index is 544. The molecule has 2 heterocycles. The number of hydrogen-bond donors (Lipinski definition) is 1. The average molecular weight is 246 g/mol. The lowest BCUT2D eigenvalue weighted by Gasteiger charge is -2.20. The summed E-state index contributed by atoms with van der Waals surface area (Å²) in [5.74, 6) is 1.69. The molecule has 1 fully saturated rings. The van der Waals surface area contributed by atoms with Gasteiger partial charge in [0.05, 0.1) is 0 Å². The zero-order valence-corrected chi connectivity index (χ0v) is 10.8. The van der Waals surface area contributed by atoms with Crippen LogP contribution in [0.25, 0.3) is 5.78 Å². The van der Waals surface area contributed by atoms with Crippen LogP contribution in [-0.2, 0) is 0 Å². The van der Waals surface area contributed by atoms with Crippen LogP contribution in [0, 0.1) is 6.92 Å². The van der Waals surface area contributed by atoms with Crippen LogP contribution >= 0.6 is 0 Å². The van der Waals surface area contributed by atoms with Crippen LogP contribution in [0.3, 0.4) is 0 Å². The summed E-state index contributed by atoms with van der Waals surface area (Å²) in [4.78, 5) is 10.7. The van der Waals surface area contributed by atoms with E-state index in [9.17, 15) is 0 Å². The topological polar surface area (TPSA) is 58.4 Å².